The first-order chi connectivity index (χ1) is 8.60. The number of fused-ring (bicyclic) bond motifs is 1. The molecule has 1 aromatic rings. The molecule has 1 aromatic carbocycles. The van der Waals surface area contributed by atoms with Gasteiger partial charge in [-0.2, -0.15) is 0 Å². The molecule has 1 unspecified atom stereocenters. The highest BCUT2D eigenvalue weighted by atomic mass is 35.5. The van der Waals surface area contributed by atoms with Crippen LogP contribution in [0.25, 0.3) is 0 Å². The van der Waals surface area contributed by atoms with Crippen molar-refractivity contribution in [3.05, 3.63) is 35.4 Å². The third-order valence-electron chi connectivity index (χ3n) is 3.02. The maximum atomic E-state index is 11.3. The number of hydrogen-bond acceptors (Lipinski definition) is 2. The first kappa shape index (κ1) is 13.0. The molecule has 0 saturated carbocycles. The van der Waals surface area contributed by atoms with Crippen molar-refractivity contribution in [1.29, 1.82) is 0 Å². The molecular weight excluding hydrogens is 248 g/mol. The van der Waals surface area contributed by atoms with Crippen LogP contribution < -0.4 is 10.6 Å². The number of hydrogen-bond donors (Lipinski definition) is 2. The summed E-state index contributed by atoms with van der Waals surface area (Å²) in [5.74, 6) is 0.0259. The predicted molar refractivity (Wildman–Crippen MR) is 76.3 cm³/mol. The molecule has 1 atom stereocenters. The Hall–Kier alpha value is -1.48. The zero-order chi connectivity index (χ0) is 13.1. The van der Waals surface area contributed by atoms with Gasteiger partial charge in [0, 0.05) is 11.7 Å². The van der Waals surface area contributed by atoms with Crippen molar-refractivity contribution < 1.29 is 4.79 Å². The molecule has 0 aromatic heterocycles. The molecule has 3 nitrogen and oxygen atoms in total. The van der Waals surface area contributed by atoms with Gasteiger partial charge in [-0.25, -0.2) is 0 Å². The molecule has 0 saturated heterocycles. The zero-order valence-electron chi connectivity index (χ0n) is 10.4. The summed E-state index contributed by atoms with van der Waals surface area (Å²) in [6.45, 7) is 5.82. The summed E-state index contributed by atoms with van der Waals surface area (Å²) in [4.78, 5) is 11.3. The van der Waals surface area contributed by atoms with Crippen LogP contribution >= 0.6 is 11.6 Å². The van der Waals surface area contributed by atoms with E-state index in [-0.39, 0.29) is 5.91 Å². The van der Waals surface area contributed by atoms with Gasteiger partial charge in [-0.1, -0.05) is 17.7 Å². The van der Waals surface area contributed by atoms with E-state index < -0.39 is 0 Å². The molecule has 1 heterocycles. The Morgan fingerprint density at radius 2 is 2.39 bits per heavy atom. The average Bonchev–Trinajstić information content (AvgIpc) is 2.66. The normalized spacial score (nSPS) is 14.9. The molecule has 0 spiro atoms. The van der Waals surface area contributed by atoms with Gasteiger partial charge >= 0.3 is 0 Å². The number of anilines is 2. The topological polar surface area (TPSA) is 41.1 Å². The van der Waals surface area contributed by atoms with E-state index in [1.807, 2.05) is 18.2 Å². The van der Waals surface area contributed by atoms with Crippen LogP contribution in [0.2, 0.25) is 5.02 Å². The Morgan fingerprint density at radius 1 is 1.61 bits per heavy atom. The molecular formula is C14H17ClN2O. The van der Waals surface area contributed by atoms with E-state index in [2.05, 4.69) is 24.1 Å². The Balaban J connectivity index is 2.12. The zero-order valence-corrected chi connectivity index (χ0v) is 11.2. The van der Waals surface area contributed by atoms with Crippen molar-refractivity contribution in [1.82, 2.24) is 0 Å². The lowest BCUT2D eigenvalue weighted by molar-refractivity contribution is -0.115. The molecule has 1 aliphatic heterocycles. The van der Waals surface area contributed by atoms with Crippen molar-refractivity contribution in [3.8, 4) is 0 Å². The SMILES string of the molecule is C=CCCC(C)Nc1cc2c(cc1Cl)NC(=O)C2. The second-order valence-electron chi connectivity index (χ2n) is 4.63. The third kappa shape index (κ3) is 2.85. The molecule has 2 rings (SSSR count). The van der Waals surface area contributed by atoms with E-state index in [0.29, 0.717) is 17.5 Å². The number of rotatable bonds is 5. The monoisotopic (exact) mass is 264 g/mol. The Bertz CT molecular complexity index is 485. The number of halogens is 1. The van der Waals surface area contributed by atoms with Crippen molar-refractivity contribution in [2.75, 3.05) is 10.6 Å². The summed E-state index contributed by atoms with van der Waals surface area (Å²) in [7, 11) is 0. The van der Waals surface area contributed by atoms with Crippen molar-refractivity contribution in [2.45, 2.75) is 32.2 Å². The van der Waals surface area contributed by atoms with Crippen LogP contribution in [0, 0.1) is 0 Å². The minimum absolute atomic E-state index is 0.0259. The lowest BCUT2D eigenvalue weighted by Crippen LogP contribution is -2.15. The lowest BCUT2D eigenvalue weighted by atomic mass is 10.1. The summed E-state index contributed by atoms with van der Waals surface area (Å²) in [5, 5.41) is 6.80. The molecule has 0 fully saturated rings. The van der Waals surface area contributed by atoms with Crippen LogP contribution in [0.15, 0.2) is 24.8 Å². The molecule has 0 aliphatic carbocycles. The highest BCUT2D eigenvalue weighted by Gasteiger charge is 2.19. The van der Waals surface area contributed by atoms with Gasteiger partial charge in [0.05, 0.1) is 17.1 Å². The molecule has 0 radical (unpaired) electrons. The van der Waals surface area contributed by atoms with E-state index in [1.54, 1.807) is 0 Å². The number of allylic oxidation sites excluding steroid dienone is 1. The number of nitrogens with one attached hydrogen (secondary N) is 2. The van der Waals surface area contributed by atoms with Crippen LogP contribution in [-0.4, -0.2) is 11.9 Å². The molecule has 1 aliphatic rings. The van der Waals surface area contributed by atoms with Crippen molar-refractivity contribution >= 4 is 28.9 Å². The van der Waals surface area contributed by atoms with Crippen molar-refractivity contribution in [2.24, 2.45) is 0 Å². The van der Waals surface area contributed by atoms with Crippen LogP contribution in [-0.2, 0) is 11.2 Å². The molecule has 0 bridgehead atoms. The van der Waals surface area contributed by atoms with Crippen molar-refractivity contribution in [3.63, 3.8) is 0 Å². The molecule has 2 N–H and O–H groups in total. The fraction of sp³-hybridized carbons (Fsp3) is 0.357. The maximum Gasteiger partial charge on any atom is 0.228 e. The Kier molecular flexibility index (Phi) is 3.92. The van der Waals surface area contributed by atoms with Gasteiger partial charge in [-0.3, -0.25) is 4.79 Å². The smallest absolute Gasteiger partial charge is 0.228 e. The van der Waals surface area contributed by atoms with Gasteiger partial charge in [0.15, 0.2) is 0 Å². The van der Waals surface area contributed by atoms with Crippen LogP contribution in [0.4, 0.5) is 11.4 Å². The first-order valence-electron chi connectivity index (χ1n) is 6.10. The largest absolute Gasteiger partial charge is 0.381 e. The number of amides is 1. The maximum absolute atomic E-state index is 11.3. The van der Waals surface area contributed by atoms with Gasteiger partial charge in [-0.15, -0.1) is 6.58 Å². The lowest BCUT2D eigenvalue weighted by Gasteiger charge is -2.16. The Morgan fingerprint density at radius 3 is 3.11 bits per heavy atom. The summed E-state index contributed by atoms with van der Waals surface area (Å²) >= 11 is 6.20. The molecule has 18 heavy (non-hydrogen) atoms. The molecule has 4 heteroatoms. The third-order valence-corrected chi connectivity index (χ3v) is 3.34. The van der Waals surface area contributed by atoms with E-state index >= 15 is 0 Å². The fourth-order valence-corrected chi connectivity index (χ4v) is 2.28. The summed E-state index contributed by atoms with van der Waals surface area (Å²) in [6.07, 6.45) is 4.32. The van der Waals surface area contributed by atoms with Gasteiger partial charge in [-0.05, 0) is 37.5 Å². The van der Waals surface area contributed by atoms with E-state index in [9.17, 15) is 4.79 Å². The van der Waals surface area contributed by atoms with E-state index in [1.165, 1.54) is 0 Å². The minimum atomic E-state index is 0.0259. The standard InChI is InChI=1S/C14H17ClN2O/c1-3-4-5-9(2)16-13-6-10-7-14(18)17-12(10)8-11(13)15/h3,6,8-9,16H,1,4-5,7H2,2H3,(H,17,18). The number of carbonyl (C=O) groups is 1. The van der Waals surface area contributed by atoms with Gasteiger partial charge in [0.25, 0.3) is 0 Å². The second-order valence-corrected chi connectivity index (χ2v) is 5.03. The highest BCUT2D eigenvalue weighted by Crippen LogP contribution is 2.33. The van der Waals surface area contributed by atoms with E-state index in [0.717, 1.165) is 29.8 Å². The van der Waals surface area contributed by atoms with Crippen LogP contribution in [0.1, 0.15) is 25.3 Å². The van der Waals surface area contributed by atoms with Gasteiger partial charge in [0.1, 0.15) is 0 Å². The first-order valence-corrected chi connectivity index (χ1v) is 6.47. The minimum Gasteiger partial charge on any atom is -0.381 e. The number of benzene rings is 1. The summed E-state index contributed by atoms with van der Waals surface area (Å²) < 4.78 is 0. The van der Waals surface area contributed by atoms with E-state index in [4.69, 9.17) is 11.6 Å². The predicted octanol–water partition coefficient (Wildman–Crippen LogP) is 3.60. The second kappa shape index (κ2) is 5.44. The van der Waals surface area contributed by atoms with Gasteiger partial charge < -0.3 is 10.6 Å². The molecule has 1 amide bonds. The Labute approximate surface area is 112 Å². The quantitative estimate of drug-likeness (QED) is 0.798. The number of carbonyl (C=O) groups excluding carboxylic acids is 1. The average molecular weight is 265 g/mol. The highest BCUT2D eigenvalue weighted by molar-refractivity contribution is 6.33. The van der Waals surface area contributed by atoms with Gasteiger partial charge in [0.2, 0.25) is 5.91 Å². The molecule has 96 valence electrons. The van der Waals surface area contributed by atoms with Crippen LogP contribution in [0.5, 0.6) is 0 Å². The fourth-order valence-electron chi connectivity index (χ4n) is 2.06. The van der Waals surface area contributed by atoms with Crippen LogP contribution in [0.3, 0.4) is 0 Å². The summed E-state index contributed by atoms with van der Waals surface area (Å²) in [6, 6.07) is 4.09. The summed E-state index contributed by atoms with van der Waals surface area (Å²) in [5.41, 5.74) is 2.72.